The SMILES string of the molecule is FC(F)C(F)(F)Oc1cccc(CN(CCC(F)(F)F)c2cccc(Oc3ccccc3)c2)c1. The smallest absolute Gasteiger partial charge is 0.457 e. The van der Waals surface area contributed by atoms with Gasteiger partial charge in [0.15, 0.2) is 0 Å². The molecule has 0 radical (unpaired) electrons. The van der Waals surface area contributed by atoms with Crippen LogP contribution in [0, 0.1) is 0 Å². The quantitative estimate of drug-likeness (QED) is 0.274. The molecule has 0 aliphatic heterocycles. The van der Waals surface area contributed by atoms with Gasteiger partial charge in [-0.05, 0) is 42.0 Å². The number of hydrogen-bond donors (Lipinski definition) is 0. The first-order chi connectivity index (χ1) is 16.0. The monoisotopic (exact) mass is 487 g/mol. The van der Waals surface area contributed by atoms with E-state index in [0.29, 0.717) is 22.7 Å². The molecule has 3 nitrogen and oxygen atoms in total. The van der Waals surface area contributed by atoms with Crippen LogP contribution in [0.15, 0.2) is 78.9 Å². The van der Waals surface area contributed by atoms with E-state index < -0.39 is 37.4 Å². The van der Waals surface area contributed by atoms with E-state index in [1.807, 2.05) is 0 Å². The van der Waals surface area contributed by atoms with Crippen LogP contribution in [0.2, 0.25) is 0 Å². The molecule has 0 saturated carbocycles. The minimum atomic E-state index is -4.70. The number of para-hydroxylation sites is 1. The highest BCUT2D eigenvalue weighted by Gasteiger charge is 2.44. The minimum Gasteiger partial charge on any atom is -0.457 e. The Kier molecular flexibility index (Phi) is 7.90. The molecule has 0 saturated heterocycles. The van der Waals surface area contributed by atoms with Gasteiger partial charge < -0.3 is 14.4 Å². The first kappa shape index (κ1) is 25.2. The topological polar surface area (TPSA) is 21.7 Å². The van der Waals surface area contributed by atoms with Crippen molar-refractivity contribution in [2.75, 3.05) is 11.4 Å². The van der Waals surface area contributed by atoms with Crippen LogP contribution in [0.25, 0.3) is 0 Å². The van der Waals surface area contributed by atoms with E-state index in [1.165, 1.54) is 17.0 Å². The van der Waals surface area contributed by atoms with E-state index in [1.54, 1.807) is 54.6 Å². The molecule has 0 unspecified atom stereocenters. The third-order valence-electron chi connectivity index (χ3n) is 4.61. The molecule has 0 bridgehead atoms. The summed E-state index contributed by atoms with van der Waals surface area (Å²) in [4.78, 5) is 1.38. The van der Waals surface area contributed by atoms with Gasteiger partial charge in [0, 0.05) is 24.8 Å². The van der Waals surface area contributed by atoms with Gasteiger partial charge in [-0.1, -0.05) is 36.4 Å². The van der Waals surface area contributed by atoms with Gasteiger partial charge in [0.2, 0.25) is 0 Å². The van der Waals surface area contributed by atoms with Gasteiger partial charge in [-0.15, -0.1) is 0 Å². The van der Waals surface area contributed by atoms with Crippen LogP contribution < -0.4 is 14.4 Å². The summed E-state index contributed by atoms with van der Waals surface area (Å²) in [6.07, 6.45) is -14.3. The number of alkyl halides is 7. The number of halogens is 7. The van der Waals surface area contributed by atoms with Crippen LogP contribution in [0.1, 0.15) is 12.0 Å². The lowest BCUT2D eigenvalue weighted by Crippen LogP contribution is -2.33. The summed E-state index contributed by atoms with van der Waals surface area (Å²) in [5, 5.41) is 0. The average Bonchev–Trinajstić information content (AvgIpc) is 2.77. The second-order valence-corrected chi connectivity index (χ2v) is 7.31. The van der Waals surface area contributed by atoms with E-state index in [4.69, 9.17) is 4.74 Å². The maximum absolute atomic E-state index is 13.2. The molecular formula is C24H20F7NO2. The van der Waals surface area contributed by atoms with Crippen molar-refractivity contribution < 1.29 is 40.2 Å². The number of benzene rings is 3. The van der Waals surface area contributed by atoms with Crippen molar-refractivity contribution in [1.29, 1.82) is 0 Å². The van der Waals surface area contributed by atoms with Crippen LogP contribution in [-0.2, 0) is 6.54 Å². The molecule has 182 valence electrons. The van der Waals surface area contributed by atoms with Crippen LogP contribution >= 0.6 is 0 Å². The fraction of sp³-hybridized carbons (Fsp3) is 0.250. The number of ether oxygens (including phenoxy) is 2. The summed E-state index contributed by atoms with van der Waals surface area (Å²) >= 11 is 0. The maximum Gasteiger partial charge on any atom is 0.461 e. The zero-order valence-corrected chi connectivity index (χ0v) is 17.6. The van der Waals surface area contributed by atoms with Crippen LogP contribution in [-0.4, -0.2) is 25.3 Å². The average molecular weight is 487 g/mol. The van der Waals surface area contributed by atoms with Gasteiger partial charge in [0.25, 0.3) is 0 Å². The molecule has 0 aromatic heterocycles. The Morgan fingerprint density at radius 1 is 0.735 bits per heavy atom. The molecule has 0 heterocycles. The van der Waals surface area contributed by atoms with Crippen molar-refractivity contribution >= 4 is 5.69 Å². The lowest BCUT2D eigenvalue weighted by atomic mass is 10.1. The Labute approximate surface area is 191 Å². The highest BCUT2D eigenvalue weighted by molar-refractivity contribution is 5.52. The minimum absolute atomic E-state index is 0.123. The van der Waals surface area contributed by atoms with Crippen molar-refractivity contribution in [1.82, 2.24) is 0 Å². The molecule has 0 fully saturated rings. The molecule has 3 aromatic carbocycles. The van der Waals surface area contributed by atoms with E-state index >= 15 is 0 Å². The van der Waals surface area contributed by atoms with E-state index in [-0.39, 0.29) is 6.54 Å². The molecule has 34 heavy (non-hydrogen) atoms. The Balaban J connectivity index is 1.83. The summed E-state index contributed by atoms with van der Waals surface area (Å²) in [5.41, 5.74) is 0.682. The van der Waals surface area contributed by atoms with E-state index in [2.05, 4.69) is 4.74 Å². The second-order valence-electron chi connectivity index (χ2n) is 7.31. The Hall–Kier alpha value is -3.43. The molecule has 10 heteroatoms. The summed E-state index contributed by atoms with van der Waals surface area (Å²) in [6, 6.07) is 20.1. The third-order valence-corrected chi connectivity index (χ3v) is 4.61. The Morgan fingerprint density at radius 2 is 1.38 bits per heavy atom. The fourth-order valence-electron chi connectivity index (χ4n) is 3.06. The van der Waals surface area contributed by atoms with Crippen LogP contribution in [0.5, 0.6) is 17.2 Å². The van der Waals surface area contributed by atoms with Gasteiger partial charge >= 0.3 is 18.7 Å². The summed E-state index contributed by atoms with van der Waals surface area (Å²) in [6.45, 7) is -0.557. The maximum atomic E-state index is 13.2. The predicted molar refractivity (Wildman–Crippen MR) is 113 cm³/mol. The van der Waals surface area contributed by atoms with Crippen molar-refractivity contribution in [3.05, 3.63) is 84.4 Å². The Bertz CT molecular complexity index is 1060. The van der Waals surface area contributed by atoms with E-state index in [9.17, 15) is 30.7 Å². The second kappa shape index (κ2) is 10.7. The largest absolute Gasteiger partial charge is 0.461 e. The zero-order chi connectivity index (χ0) is 24.8. The summed E-state index contributed by atoms with van der Waals surface area (Å²) < 4.78 is 100.0. The predicted octanol–water partition coefficient (Wildman–Crippen LogP) is 7.67. The normalized spacial score (nSPS) is 12.0. The van der Waals surface area contributed by atoms with Gasteiger partial charge in [-0.2, -0.15) is 30.7 Å². The summed E-state index contributed by atoms with van der Waals surface area (Å²) in [5.74, 6) is 0.389. The van der Waals surface area contributed by atoms with Gasteiger partial charge in [-0.3, -0.25) is 0 Å². The zero-order valence-electron chi connectivity index (χ0n) is 17.6. The van der Waals surface area contributed by atoms with Gasteiger partial charge in [-0.25, -0.2) is 0 Å². The standard InChI is InChI=1S/C24H20F7NO2/c25-22(26)24(30,31)34-21-11-4-6-17(14-21)16-32(13-12-23(27,28)29)18-7-5-10-20(15-18)33-19-8-2-1-3-9-19/h1-11,14-15,22H,12-13,16H2. The van der Waals surface area contributed by atoms with Crippen molar-refractivity contribution in [3.8, 4) is 17.2 Å². The molecule has 0 atom stereocenters. The number of rotatable bonds is 10. The van der Waals surface area contributed by atoms with Crippen molar-refractivity contribution in [2.45, 2.75) is 31.7 Å². The van der Waals surface area contributed by atoms with Crippen molar-refractivity contribution in [3.63, 3.8) is 0 Å². The highest BCUT2D eigenvalue weighted by Crippen LogP contribution is 2.31. The van der Waals surface area contributed by atoms with Crippen LogP contribution in [0.3, 0.4) is 0 Å². The number of hydrogen-bond acceptors (Lipinski definition) is 3. The Morgan fingerprint density at radius 3 is 2.06 bits per heavy atom. The molecule has 3 aromatic rings. The highest BCUT2D eigenvalue weighted by atomic mass is 19.4. The molecule has 3 rings (SSSR count). The van der Waals surface area contributed by atoms with Gasteiger partial charge in [0.1, 0.15) is 17.2 Å². The number of anilines is 1. The first-order valence-electron chi connectivity index (χ1n) is 10.1. The molecule has 0 N–H and O–H groups in total. The third kappa shape index (κ3) is 7.57. The molecule has 0 amide bonds. The molecule has 0 aliphatic rings. The van der Waals surface area contributed by atoms with Crippen LogP contribution in [0.4, 0.5) is 36.4 Å². The fourth-order valence-corrected chi connectivity index (χ4v) is 3.06. The lowest BCUT2D eigenvalue weighted by Gasteiger charge is -2.26. The molecule has 0 aliphatic carbocycles. The summed E-state index contributed by atoms with van der Waals surface area (Å²) in [7, 11) is 0. The molecule has 0 spiro atoms. The van der Waals surface area contributed by atoms with E-state index in [0.717, 1.165) is 12.1 Å². The molecular weight excluding hydrogens is 467 g/mol. The first-order valence-corrected chi connectivity index (χ1v) is 10.1. The van der Waals surface area contributed by atoms with Gasteiger partial charge in [0.05, 0.1) is 6.42 Å². The lowest BCUT2D eigenvalue weighted by molar-refractivity contribution is -0.253. The van der Waals surface area contributed by atoms with Crippen molar-refractivity contribution in [2.24, 2.45) is 0 Å². The number of nitrogens with zero attached hydrogens (tertiary/aromatic N) is 1.